The number of amides is 1. The number of aromatic carboxylic acids is 1. The molecular weight excluding hydrogens is 430 g/mol. The first-order valence-electron chi connectivity index (χ1n) is 10.6. The van der Waals surface area contributed by atoms with Crippen molar-refractivity contribution >= 4 is 11.9 Å². The second-order valence-electron chi connectivity index (χ2n) is 7.84. The third-order valence-electron chi connectivity index (χ3n) is 5.29. The molecule has 1 heterocycles. The number of rotatable bonds is 7. The van der Waals surface area contributed by atoms with Gasteiger partial charge in [0.15, 0.2) is 0 Å². The summed E-state index contributed by atoms with van der Waals surface area (Å²) in [6, 6.07) is 23.0. The van der Waals surface area contributed by atoms with Crippen LogP contribution in [0, 0.1) is 6.92 Å². The average molecular weight is 453 g/mol. The minimum atomic E-state index is -1.10. The number of nitrogens with zero attached hydrogens (tertiary/aromatic N) is 1. The molecule has 4 aromatic rings. The Kier molecular flexibility index (Phi) is 6.38. The lowest BCUT2D eigenvalue weighted by molar-refractivity contribution is 0.0697. The number of nitrogens with two attached hydrogens (primary N) is 2. The van der Waals surface area contributed by atoms with Crippen LogP contribution in [0.4, 0.5) is 0 Å². The number of benzene rings is 3. The molecule has 7 nitrogen and oxygen atoms in total. The Bertz CT molecular complexity index is 1400. The van der Waals surface area contributed by atoms with E-state index in [0.717, 1.165) is 22.3 Å². The van der Waals surface area contributed by atoms with Crippen LogP contribution in [0.5, 0.6) is 11.6 Å². The Morgan fingerprint density at radius 2 is 1.74 bits per heavy atom. The second kappa shape index (κ2) is 9.56. The molecular formula is C27H23N3O4. The topological polar surface area (TPSA) is 129 Å². The van der Waals surface area contributed by atoms with Gasteiger partial charge in [0.05, 0.1) is 11.3 Å². The van der Waals surface area contributed by atoms with Crippen LogP contribution in [0.25, 0.3) is 22.4 Å². The summed E-state index contributed by atoms with van der Waals surface area (Å²) >= 11 is 0. The number of carboxylic acid groups (broad SMARTS) is 1. The van der Waals surface area contributed by atoms with Crippen molar-refractivity contribution in [3.05, 3.63) is 101 Å². The van der Waals surface area contributed by atoms with Crippen molar-refractivity contribution < 1.29 is 19.4 Å². The number of pyridine rings is 1. The Morgan fingerprint density at radius 1 is 0.941 bits per heavy atom. The normalized spacial score (nSPS) is 10.6. The Hall–Kier alpha value is -4.49. The number of carbonyl (C=O) groups is 2. The van der Waals surface area contributed by atoms with Crippen molar-refractivity contribution in [3.8, 4) is 34.0 Å². The highest BCUT2D eigenvalue weighted by Gasteiger charge is 2.16. The lowest BCUT2D eigenvalue weighted by Gasteiger charge is -2.13. The third kappa shape index (κ3) is 4.95. The van der Waals surface area contributed by atoms with Crippen LogP contribution in [0.3, 0.4) is 0 Å². The molecule has 0 saturated heterocycles. The minimum absolute atomic E-state index is 0.0557. The van der Waals surface area contributed by atoms with E-state index in [1.54, 1.807) is 18.2 Å². The maximum Gasteiger partial charge on any atom is 0.336 e. The number of aryl methyl sites for hydroxylation is 1. The van der Waals surface area contributed by atoms with Gasteiger partial charge in [-0.05, 0) is 59.5 Å². The molecule has 0 aliphatic carbocycles. The lowest BCUT2D eigenvalue weighted by Crippen LogP contribution is -2.12. The number of primary amides is 1. The second-order valence-corrected chi connectivity index (χ2v) is 7.84. The number of carbonyl (C=O) groups excluding carboxylic acids is 1. The smallest absolute Gasteiger partial charge is 0.336 e. The lowest BCUT2D eigenvalue weighted by atomic mass is 10.0. The predicted octanol–water partition coefficient (Wildman–Crippen LogP) is 4.77. The van der Waals surface area contributed by atoms with E-state index in [1.807, 2.05) is 49.4 Å². The van der Waals surface area contributed by atoms with E-state index in [0.29, 0.717) is 17.9 Å². The molecule has 4 rings (SSSR count). The van der Waals surface area contributed by atoms with Crippen LogP contribution >= 0.6 is 0 Å². The molecule has 1 aromatic heterocycles. The molecule has 5 N–H and O–H groups in total. The van der Waals surface area contributed by atoms with E-state index in [4.69, 9.17) is 16.2 Å². The maximum atomic E-state index is 12.0. The van der Waals surface area contributed by atoms with Gasteiger partial charge >= 0.3 is 5.97 Å². The molecule has 0 fully saturated rings. The Balaban J connectivity index is 1.77. The first kappa shape index (κ1) is 22.7. The van der Waals surface area contributed by atoms with Crippen molar-refractivity contribution in [2.24, 2.45) is 11.5 Å². The fraction of sp³-hybridized carbons (Fsp3) is 0.0741. The summed E-state index contributed by atoms with van der Waals surface area (Å²) in [5, 5.41) is 9.56. The fourth-order valence-corrected chi connectivity index (χ4v) is 3.70. The van der Waals surface area contributed by atoms with E-state index in [9.17, 15) is 14.7 Å². The molecule has 0 unspecified atom stereocenters. The largest absolute Gasteiger partial charge is 0.478 e. The van der Waals surface area contributed by atoms with Gasteiger partial charge in [-0.15, -0.1) is 0 Å². The van der Waals surface area contributed by atoms with Gasteiger partial charge < -0.3 is 21.3 Å². The number of hydrogen-bond donors (Lipinski definition) is 3. The summed E-state index contributed by atoms with van der Waals surface area (Å²) in [4.78, 5) is 28.1. The van der Waals surface area contributed by atoms with Crippen molar-refractivity contribution in [1.82, 2.24) is 4.98 Å². The quantitative estimate of drug-likeness (QED) is 0.370. The van der Waals surface area contributed by atoms with E-state index in [-0.39, 0.29) is 22.7 Å². The number of hydrogen-bond acceptors (Lipinski definition) is 5. The van der Waals surface area contributed by atoms with E-state index < -0.39 is 11.9 Å². The van der Waals surface area contributed by atoms with Crippen molar-refractivity contribution in [2.75, 3.05) is 0 Å². The van der Waals surface area contributed by atoms with Crippen LogP contribution in [-0.4, -0.2) is 22.0 Å². The predicted molar refractivity (Wildman–Crippen MR) is 130 cm³/mol. The molecule has 0 aliphatic rings. The summed E-state index contributed by atoms with van der Waals surface area (Å²) in [6.45, 7) is 2.39. The SMILES string of the molecule is Cc1cc(Oc2cc(C(N)=O)cc(-c3ccccc3C(=O)O)n2)cc(-c2cccc(CN)c2)c1. The first-order valence-corrected chi connectivity index (χ1v) is 10.6. The summed E-state index contributed by atoms with van der Waals surface area (Å²) in [5.74, 6) is -1.14. The molecule has 3 aromatic carbocycles. The summed E-state index contributed by atoms with van der Waals surface area (Å²) in [6.07, 6.45) is 0. The van der Waals surface area contributed by atoms with Crippen molar-refractivity contribution in [3.63, 3.8) is 0 Å². The van der Waals surface area contributed by atoms with E-state index >= 15 is 0 Å². The molecule has 170 valence electrons. The van der Waals surface area contributed by atoms with Gasteiger partial charge in [-0.25, -0.2) is 9.78 Å². The average Bonchev–Trinajstić information content (AvgIpc) is 2.83. The third-order valence-corrected chi connectivity index (χ3v) is 5.29. The minimum Gasteiger partial charge on any atom is -0.478 e. The highest BCUT2D eigenvalue weighted by molar-refractivity contribution is 5.97. The molecule has 0 bridgehead atoms. The maximum absolute atomic E-state index is 12.0. The molecule has 0 atom stereocenters. The van der Waals surface area contributed by atoms with Crippen LogP contribution in [0.15, 0.2) is 78.9 Å². The Labute approximate surface area is 196 Å². The fourth-order valence-electron chi connectivity index (χ4n) is 3.70. The zero-order valence-corrected chi connectivity index (χ0v) is 18.5. The molecule has 0 aliphatic heterocycles. The van der Waals surface area contributed by atoms with Gasteiger partial charge in [0.1, 0.15) is 5.75 Å². The molecule has 0 spiro atoms. The molecule has 1 amide bonds. The molecule has 0 radical (unpaired) electrons. The zero-order valence-electron chi connectivity index (χ0n) is 18.5. The van der Waals surface area contributed by atoms with Crippen LogP contribution in [-0.2, 0) is 6.54 Å². The summed E-state index contributed by atoms with van der Waals surface area (Å²) in [7, 11) is 0. The van der Waals surface area contributed by atoms with Crippen LogP contribution in [0.2, 0.25) is 0 Å². The van der Waals surface area contributed by atoms with Crippen molar-refractivity contribution in [2.45, 2.75) is 13.5 Å². The van der Waals surface area contributed by atoms with E-state index in [1.165, 1.54) is 18.2 Å². The van der Waals surface area contributed by atoms with Crippen LogP contribution < -0.4 is 16.2 Å². The molecule has 7 heteroatoms. The monoisotopic (exact) mass is 453 g/mol. The van der Waals surface area contributed by atoms with Crippen LogP contribution in [0.1, 0.15) is 31.8 Å². The Morgan fingerprint density at radius 3 is 2.47 bits per heavy atom. The van der Waals surface area contributed by atoms with E-state index in [2.05, 4.69) is 4.98 Å². The number of ether oxygens (including phenoxy) is 1. The first-order chi connectivity index (χ1) is 16.3. The van der Waals surface area contributed by atoms with Gasteiger partial charge in [-0.1, -0.05) is 42.5 Å². The van der Waals surface area contributed by atoms with Crippen molar-refractivity contribution in [1.29, 1.82) is 0 Å². The van der Waals surface area contributed by atoms with Gasteiger partial charge in [0, 0.05) is 23.7 Å². The van der Waals surface area contributed by atoms with Gasteiger partial charge in [0.25, 0.3) is 0 Å². The highest BCUT2D eigenvalue weighted by atomic mass is 16.5. The van der Waals surface area contributed by atoms with Gasteiger partial charge in [0.2, 0.25) is 11.8 Å². The zero-order chi connectivity index (χ0) is 24.2. The highest BCUT2D eigenvalue weighted by Crippen LogP contribution is 2.31. The molecule has 0 saturated carbocycles. The number of carboxylic acids is 1. The summed E-state index contributed by atoms with van der Waals surface area (Å²) < 4.78 is 6.04. The summed E-state index contributed by atoms with van der Waals surface area (Å²) in [5.41, 5.74) is 16.0. The number of aromatic nitrogens is 1. The molecule has 34 heavy (non-hydrogen) atoms. The van der Waals surface area contributed by atoms with Gasteiger partial charge in [-0.3, -0.25) is 4.79 Å². The van der Waals surface area contributed by atoms with Gasteiger partial charge in [-0.2, -0.15) is 0 Å². The standard InChI is InChI=1S/C27H23N3O4/c1-16-9-19(18-6-4-5-17(11-18)15-28)12-21(10-16)34-25-14-20(26(29)31)13-24(30-25)22-7-2-3-8-23(22)27(32)33/h2-14H,15,28H2,1H3,(H2,29,31)(H,32,33).